The lowest BCUT2D eigenvalue weighted by molar-refractivity contribution is -0.150. The third-order valence-electron chi connectivity index (χ3n) is 4.66. The highest BCUT2D eigenvalue weighted by Gasteiger charge is 2.38. The van der Waals surface area contributed by atoms with E-state index in [-0.39, 0.29) is 51.1 Å². The summed E-state index contributed by atoms with van der Waals surface area (Å²) in [5.74, 6) is -0.433. The zero-order valence-corrected chi connectivity index (χ0v) is 17.3. The molecule has 0 spiro atoms. The molecule has 1 heterocycles. The molecule has 1 aromatic rings. The number of rotatable bonds is 10. The van der Waals surface area contributed by atoms with Gasteiger partial charge < -0.3 is 28.7 Å². The van der Waals surface area contributed by atoms with Gasteiger partial charge in [0.2, 0.25) is 11.8 Å². The van der Waals surface area contributed by atoms with Crippen molar-refractivity contribution in [2.75, 3.05) is 59.1 Å². The molecule has 1 aromatic carbocycles. The summed E-state index contributed by atoms with van der Waals surface area (Å²) in [6, 6.07) is 5.15. The van der Waals surface area contributed by atoms with Crippen LogP contribution in [0.4, 0.5) is 5.69 Å². The number of carbonyl (C=O) groups is 3. The van der Waals surface area contributed by atoms with Crippen molar-refractivity contribution in [3.8, 4) is 11.5 Å². The van der Waals surface area contributed by atoms with Gasteiger partial charge in [0.1, 0.15) is 6.54 Å². The van der Waals surface area contributed by atoms with E-state index in [9.17, 15) is 14.4 Å². The standard InChI is InChI=1S/C20H28N2O7/c1-5-29-19(24)13-21(8-9-26-2)20(25)14-10-18(23)22(12-14)15-6-7-16(27-3)17(11-15)28-4/h6-7,11,14H,5,8-10,12-13H2,1-4H3. The van der Waals surface area contributed by atoms with Gasteiger partial charge in [-0.2, -0.15) is 0 Å². The number of ether oxygens (including phenoxy) is 4. The molecule has 9 nitrogen and oxygen atoms in total. The Morgan fingerprint density at radius 3 is 2.52 bits per heavy atom. The number of carbonyl (C=O) groups excluding carboxylic acids is 3. The molecule has 2 rings (SSSR count). The van der Waals surface area contributed by atoms with Gasteiger partial charge in [0.05, 0.1) is 33.4 Å². The molecule has 0 radical (unpaired) electrons. The van der Waals surface area contributed by atoms with Crippen molar-refractivity contribution < 1.29 is 33.3 Å². The summed E-state index contributed by atoms with van der Waals surface area (Å²) in [6.07, 6.45) is 0.0689. The van der Waals surface area contributed by atoms with Crippen LogP contribution in [0.5, 0.6) is 11.5 Å². The Bertz CT molecular complexity index is 738. The molecular weight excluding hydrogens is 380 g/mol. The van der Waals surface area contributed by atoms with Crippen LogP contribution in [0.25, 0.3) is 0 Å². The molecule has 1 saturated heterocycles. The first-order valence-electron chi connectivity index (χ1n) is 9.40. The summed E-state index contributed by atoms with van der Waals surface area (Å²) >= 11 is 0. The fourth-order valence-corrected chi connectivity index (χ4v) is 3.20. The number of methoxy groups -OCH3 is 3. The molecule has 1 fully saturated rings. The zero-order valence-electron chi connectivity index (χ0n) is 17.3. The number of anilines is 1. The zero-order chi connectivity index (χ0) is 21.4. The molecule has 1 aliphatic heterocycles. The van der Waals surface area contributed by atoms with Gasteiger partial charge in [0, 0.05) is 38.4 Å². The maximum atomic E-state index is 13.0. The Morgan fingerprint density at radius 1 is 1.17 bits per heavy atom. The highest BCUT2D eigenvalue weighted by molar-refractivity contribution is 6.00. The second-order valence-electron chi connectivity index (χ2n) is 6.50. The van der Waals surface area contributed by atoms with Gasteiger partial charge in [0.25, 0.3) is 0 Å². The van der Waals surface area contributed by atoms with Crippen molar-refractivity contribution >= 4 is 23.5 Å². The van der Waals surface area contributed by atoms with Crippen molar-refractivity contribution in [3.05, 3.63) is 18.2 Å². The first kappa shape index (κ1) is 22.5. The van der Waals surface area contributed by atoms with E-state index in [1.54, 1.807) is 30.0 Å². The molecule has 0 bridgehead atoms. The number of hydrogen-bond donors (Lipinski definition) is 0. The first-order chi connectivity index (χ1) is 13.9. The second-order valence-corrected chi connectivity index (χ2v) is 6.50. The molecule has 0 N–H and O–H groups in total. The van der Waals surface area contributed by atoms with E-state index in [0.717, 1.165) is 0 Å². The first-order valence-corrected chi connectivity index (χ1v) is 9.40. The Hall–Kier alpha value is -2.81. The predicted molar refractivity (Wildman–Crippen MR) is 105 cm³/mol. The van der Waals surface area contributed by atoms with E-state index in [0.29, 0.717) is 17.2 Å². The molecular formula is C20H28N2O7. The third-order valence-corrected chi connectivity index (χ3v) is 4.66. The molecule has 2 amide bonds. The van der Waals surface area contributed by atoms with Gasteiger partial charge in [-0.3, -0.25) is 14.4 Å². The van der Waals surface area contributed by atoms with Crippen LogP contribution >= 0.6 is 0 Å². The lowest BCUT2D eigenvalue weighted by atomic mass is 10.1. The molecule has 0 saturated carbocycles. The Labute approximate surface area is 170 Å². The van der Waals surface area contributed by atoms with Gasteiger partial charge in [-0.15, -0.1) is 0 Å². The Morgan fingerprint density at radius 2 is 1.90 bits per heavy atom. The molecule has 9 heteroatoms. The molecule has 29 heavy (non-hydrogen) atoms. The molecule has 1 atom stereocenters. The summed E-state index contributed by atoms with van der Waals surface area (Å²) in [5.41, 5.74) is 0.622. The van der Waals surface area contributed by atoms with Crippen molar-refractivity contribution in [2.24, 2.45) is 5.92 Å². The van der Waals surface area contributed by atoms with Crippen LogP contribution in [0, 0.1) is 5.92 Å². The topological polar surface area (TPSA) is 94.6 Å². The van der Waals surface area contributed by atoms with Gasteiger partial charge in [-0.25, -0.2) is 0 Å². The van der Waals surface area contributed by atoms with E-state index in [1.807, 2.05) is 0 Å². The van der Waals surface area contributed by atoms with Crippen LogP contribution in [0.3, 0.4) is 0 Å². The minimum absolute atomic E-state index is 0.0689. The van der Waals surface area contributed by atoms with E-state index in [1.165, 1.54) is 26.2 Å². The molecule has 160 valence electrons. The average molecular weight is 408 g/mol. The molecule has 1 aliphatic rings. The SMILES string of the molecule is CCOC(=O)CN(CCOC)C(=O)C1CC(=O)N(c2ccc(OC)c(OC)c2)C1. The van der Waals surface area contributed by atoms with Crippen molar-refractivity contribution in [1.29, 1.82) is 0 Å². The van der Waals surface area contributed by atoms with Gasteiger partial charge >= 0.3 is 5.97 Å². The monoisotopic (exact) mass is 408 g/mol. The van der Waals surface area contributed by atoms with Crippen molar-refractivity contribution in [1.82, 2.24) is 4.90 Å². The molecule has 0 aromatic heterocycles. The number of benzene rings is 1. The largest absolute Gasteiger partial charge is 0.493 e. The van der Waals surface area contributed by atoms with Gasteiger partial charge in [-0.05, 0) is 19.1 Å². The summed E-state index contributed by atoms with van der Waals surface area (Å²) in [4.78, 5) is 40.3. The van der Waals surface area contributed by atoms with E-state index in [4.69, 9.17) is 18.9 Å². The quantitative estimate of drug-likeness (QED) is 0.535. The lowest BCUT2D eigenvalue weighted by Gasteiger charge is -2.24. The van der Waals surface area contributed by atoms with Crippen LogP contribution in [-0.2, 0) is 23.9 Å². The fourth-order valence-electron chi connectivity index (χ4n) is 3.20. The lowest BCUT2D eigenvalue weighted by Crippen LogP contribution is -2.42. The van der Waals surface area contributed by atoms with Crippen LogP contribution in [0.15, 0.2) is 18.2 Å². The van der Waals surface area contributed by atoms with Crippen LogP contribution in [0.2, 0.25) is 0 Å². The molecule has 1 unspecified atom stereocenters. The smallest absolute Gasteiger partial charge is 0.325 e. The van der Waals surface area contributed by atoms with Crippen molar-refractivity contribution in [3.63, 3.8) is 0 Å². The normalized spacial score (nSPS) is 15.9. The number of amides is 2. The van der Waals surface area contributed by atoms with Gasteiger partial charge in [-0.1, -0.05) is 0 Å². The fraction of sp³-hybridized carbons (Fsp3) is 0.550. The minimum atomic E-state index is -0.554. The second kappa shape index (κ2) is 10.7. The van der Waals surface area contributed by atoms with E-state index >= 15 is 0 Å². The summed E-state index contributed by atoms with van der Waals surface area (Å²) in [6.45, 7) is 2.52. The van der Waals surface area contributed by atoms with Crippen LogP contribution in [0.1, 0.15) is 13.3 Å². The minimum Gasteiger partial charge on any atom is -0.493 e. The van der Waals surface area contributed by atoms with Crippen LogP contribution in [-0.4, -0.2) is 76.9 Å². The maximum Gasteiger partial charge on any atom is 0.325 e. The number of nitrogens with zero attached hydrogens (tertiary/aromatic N) is 2. The number of esters is 1. The van der Waals surface area contributed by atoms with Crippen LogP contribution < -0.4 is 14.4 Å². The Balaban J connectivity index is 2.14. The highest BCUT2D eigenvalue weighted by atomic mass is 16.5. The third kappa shape index (κ3) is 5.60. The summed E-state index contributed by atoms with van der Waals surface area (Å²) in [7, 11) is 4.57. The summed E-state index contributed by atoms with van der Waals surface area (Å²) < 4.78 is 20.5. The van der Waals surface area contributed by atoms with Crippen molar-refractivity contribution in [2.45, 2.75) is 13.3 Å². The Kier molecular flexibility index (Phi) is 8.26. The predicted octanol–water partition coefficient (Wildman–Crippen LogP) is 1.09. The number of hydrogen-bond acceptors (Lipinski definition) is 7. The maximum absolute atomic E-state index is 13.0. The van der Waals surface area contributed by atoms with E-state index in [2.05, 4.69) is 0 Å². The average Bonchev–Trinajstić information content (AvgIpc) is 3.11. The highest BCUT2D eigenvalue weighted by Crippen LogP contribution is 2.34. The summed E-state index contributed by atoms with van der Waals surface area (Å²) in [5, 5.41) is 0. The van der Waals surface area contributed by atoms with Gasteiger partial charge in [0.15, 0.2) is 11.5 Å². The van der Waals surface area contributed by atoms with E-state index < -0.39 is 11.9 Å². The molecule has 0 aliphatic carbocycles.